The first-order valence-corrected chi connectivity index (χ1v) is 8.10. The molecule has 1 unspecified atom stereocenters. The Morgan fingerprint density at radius 3 is 2.22 bits per heavy atom. The molecule has 0 amide bonds. The Balaban J connectivity index is 2.07. The molecular weight excluding hydrogens is 220 g/mol. The molecule has 0 spiro atoms. The summed E-state index contributed by atoms with van der Waals surface area (Å²) in [4.78, 5) is 12.2. The molecule has 1 heteroatoms. The summed E-state index contributed by atoms with van der Waals surface area (Å²) in [7, 11) is 0. The van der Waals surface area contributed by atoms with Gasteiger partial charge in [0.2, 0.25) is 0 Å². The zero-order valence-corrected chi connectivity index (χ0v) is 12.8. The van der Waals surface area contributed by atoms with E-state index < -0.39 is 0 Å². The number of hydrogen-bond acceptors (Lipinski definition) is 1. The van der Waals surface area contributed by atoms with Crippen LogP contribution in [0.3, 0.4) is 0 Å². The summed E-state index contributed by atoms with van der Waals surface area (Å²) in [5.74, 6) is 0.906. The van der Waals surface area contributed by atoms with Crippen molar-refractivity contribution in [3.8, 4) is 0 Å². The van der Waals surface area contributed by atoms with E-state index in [0.717, 1.165) is 19.3 Å². The largest absolute Gasteiger partial charge is 0.299 e. The second kappa shape index (κ2) is 7.96. The number of carbonyl (C=O) groups is 1. The van der Waals surface area contributed by atoms with Crippen molar-refractivity contribution in [2.75, 3.05) is 0 Å². The maximum atomic E-state index is 12.2. The van der Waals surface area contributed by atoms with Crippen LogP contribution in [0.4, 0.5) is 0 Å². The first-order chi connectivity index (χ1) is 8.58. The average molecular weight is 252 g/mol. The van der Waals surface area contributed by atoms with Crippen LogP contribution in [0, 0.1) is 11.3 Å². The maximum Gasteiger partial charge on any atom is 0.136 e. The average Bonchev–Trinajstić information content (AvgIpc) is 2.67. The van der Waals surface area contributed by atoms with Gasteiger partial charge in [-0.25, -0.2) is 0 Å². The minimum absolute atomic E-state index is 0.276. The van der Waals surface area contributed by atoms with Gasteiger partial charge in [-0.1, -0.05) is 65.7 Å². The Morgan fingerprint density at radius 1 is 1.06 bits per heavy atom. The lowest BCUT2D eigenvalue weighted by Crippen LogP contribution is -2.25. The highest BCUT2D eigenvalue weighted by atomic mass is 16.1. The van der Waals surface area contributed by atoms with Gasteiger partial charge in [0.15, 0.2) is 0 Å². The third-order valence-electron chi connectivity index (χ3n) is 4.67. The van der Waals surface area contributed by atoms with Gasteiger partial charge in [-0.2, -0.15) is 0 Å². The van der Waals surface area contributed by atoms with Crippen molar-refractivity contribution in [2.24, 2.45) is 11.3 Å². The first-order valence-electron chi connectivity index (χ1n) is 8.10. The molecule has 1 aliphatic rings. The van der Waals surface area contributed by atoms with E-state index in [1.165, 1.54) is 51.4 Å². The lowest BCUT2D eigenvalue weighted by Gasteiger charge is -2.25. The molecule has 0 N–H and O–H groups in total. The number of ketones is 1. The second-order valence-corrected chi connectivity index (χ2v) is 6.77. The third-order valence-corrected chi connectivity index (χ3v) is 4.67. The van der Waals surface area contributed by atoms with Gasteiger partial charge in [-0.3, -0.25) is 4.79 Å². The molecule has 1 atom stereocenters. The van der Waals surface area contributed by atoms with E-state index in [-0.39, 0.29) is 5.41 Å². The van der Waals surface area contributed by atoms with E-state index >= 15 is 0 Å². The van der Waals surface area contributed by atoms with Crippen molar-refractivity contribution in [3.05, 3.63) is 0 Å². The van der Waals surface area contributed by atoms with Gasteiger partial charge in [-0.15, -0.1) is 0 Å². The molecule has 0 aromatic heterocycles. The summed E-state index contributed by atoms with van der Waals surface area (Å²) >= 11 is 0. The van der Waals surface area contributed by atoms with Gasteiger partial charge >= 0.3 is 0 Å². The maximum absolute atomic E-state index is 12.2. The van der Waals surface area contributed by atoms with Crippen LogP contribution in [-0.4, -0.2) is 5.78 Å². The van der Waals surface area contributed by atoms with Crippen molar-refractivity contribution >= 4 is 5.78 Å². The zero-order valence-electron chi connectivity index (χ0n) is 12.8. The number of carbonyl (C=O) groups excluding carboxylic acids is 1. The van der Waals surface area contributed by atoms with E-state index in [4.69, 9.17) is 0 Å². The van der Waals surface area contributed by atoms with Crippen LogP contribution in [0.25, 0.3) is 0 Å². The van der Waals surface area contributed by atoms with Crippen LogP contribution in [0.2, 0.25) is 0 Å². The highest BCUT2D eigenvalue weighted by molar-refractivity contribution is 5.82. The lowest BCUT2D eigenvalue weighted by molar-refractivity contribution is -0.125. The van der Waals surface area contributed by atoms with E-state index in [2.05, 4.69) is 20.8 Å². The molecule has 0 aromatic rings. The summed E-state index contributed by atoms with van der Waals surface area (Å²) in [5.41, 5.74) is 0.276. The fourth-order valence-electron chi connectivity index (χ4n) is 3.35. The van der Waals surface area contributed by atoms with Crippen LogP contribution in [0.5, 0.6) is 0 Å². The monoisotopic (exact) mass is 252 g/mol. The molecule has 1 saturated carbocycles. The van der Waals surface area contributed by atoms with E-state index in [1.54, 1.807) is 0 Å². The smallest absolute Gasteiger partial charge is 0.136 e. The Hall–Kier alpha value is -0.330. The van der Waals surface area contributed by atoms with Crippen molar-refractivity contribution in [2.45, 2.75) is 91.4 Å². The first kappa shape index (κ1) is 15.7. The summed E-state index contributed by atoms with van der Waals surface area (Å²) in [6.45, 7) is 6.79. The van der Waals surface area contributed by atoms with Crippen molar-refractivity contribution in [1.29, 1.82) is 0 Å². The minimum atomic E-state index is 0.276. The fraction of sp³-hybridized carbons (Fsp3) is 0.941. The van der Waals surface area contributed by atoms with Crippen molar-refractivity contribution < 1.29 is 4.79 Å². The van der Waals surface area contributed by atoms with Crippen molar-refractivity contribution in [3.63, 3.8) is 0 Å². The molecule has 0 bridgehead atoms. The number of hydrogen-bond donors (Lipinski definition) is 0. The Kier molecular flexibility index (Phi) is 6.96. The summed E-state index contributed by atoms with van der Waals surface area (Å²) in [6.07, 6.45) is 13.6. The van der Waals surface area contributed by atoms with Crippen molar-refractivity contribution in [1.82, 2.24) is 0 Å². The Bertz CT molecular complexity index is 242. The van der Waals surface area contributed by atoms with Crippen LogP contribution in [0.15, 0.2) is 0 Å². The molecule has 0 heterocycles. The van der Waals surface area contributed by atoms with Crippen LogP contribution < -0.4 is 0 Å². The van der Waals surface area contributed by atoms with Gasteiger partial charge in [0, 0.05) is 12.3 Å². The summed E-state index contributed by atoms with van der Waals surface area (Å²) in [5, 5.41) is 0. The highest BCUT2D eigenvalue weighted by Gasteiger charge is 2.38. The van der Waals surface area contributed by atoms with Gasteiger partial charge in [0.05, 0.1) is 0 Å². The standard InChI is InChI=1S/C17H32O/c1-4-5-6-7-8-9-10-13-16(18)15-12-11-14-17(15,2)3/h15H,4-14H2,1-3H3. The highest BCUT2D eigenvalue weighted by Crippen LogP contribution is 2.43. The normalized spacial score (nSPS) is 22.3. The fourth-order valence-corrected chi connectivity index (χ4v) is 3.35. The predicted octanol–water partition coefficient (Wildman–Crippen LogP) is 5.52. The van der Waals surface area contributed by atoms with Crippen LogP contribution >= 0.6 is 0 Å². The summed E-state index contributed by atoms with van der Waals surface area (Å²) < 4.78 is 0. The van der Waals surface area contributed by atoms with E-state index in [0.29, 0.717) is 11.7 Å². The topological polar surface area (TPSA) is 17.1 Å². The zero-order chi connectivity index (χ0) is 13.4. The molecule has 106 valence electrons. The Labute approximate surface area is 114 Å². The van der Waals surface area contributed by atoms with Gasteiger partial charge in [-0.05, 0) is 24.7 Å². The molecule has 0 radical (unpaired) electrons. The van der Waals surface area contributed by atoms with Gasteiger partial charge < -0.3 is 0 Å². The molecule has 1 nitrogen and oxygen atoms in total. The minimum Gasteiger partial charge on any atom is -0.299 e. The lowest BCUT2D eigenvalue weighted by atomic mass is 9.78. The second-order valence-electron chi connectivity index (χ2n) is 6.77. The molecule has 1 aliphatic carbocycles. The molecule has 18 heavy (non-hydrogen) atoms. The summed E-state index contributed by atoms with van der Waals surface area (Å²) in [6, 6.07) is 0. The quantitative estimate of drug-likeness (QED) is 0.494. The molecule has 1 fully saturated rings. The van der Waals surface area contributed by atoms with Crippen LogP contribution in [0.1, 0.15) is 91.4 Å². The molecule has 0 aromatic carbocycles. The predicted molar refractivity (Wildman–Crippen MR) is 78.7 cm³/mol. The molecule has 1 rings (SSSR count). The SMILES string of the molecule is CCCCCCCCCC(=O)C1CCCC1(C)C. The van der Waals surface area contributed by atoms with Gasteiger partial charge in [0.25, 0.3) is 0 Å². The molecule has 0 aliphatic heterocycles. The van der Waals surface area contributed by atoms with E-state index in [1.807, 2.05) is 0 Å². The Morgan fingerprint density at radius 2 is 1.67 bits per heavy atom. The van der Waals surface area contributed by atoms with Crippen LogP contribution in [-0.2, 0) is 4.79 Å². The van der Waals surface area contributed by atoms with Gasteiger partial charge in [0.1, 0.15) is 5.78 Å². The molecular formula is C17H32O. The van der Waals surface area contributed by atoms with E-state index in [9.17, 15) is 4.79 Å². The number of Topliss-reactive ketones (excluding diaryl/α,β-unsaturated/α-hetero) is 1. The number of unbranched alkanes of at least 4 members (excludes halogenated alkanes) is 6. The third kappa shape index (κ3) is 5.12. The number of rotatable bonds is 9. The molecule has 0 saturated heterocycles.